The molecule has 1 aliphatic rings. The molecule has 0 amide bonds. The van der Waals surface area contributed by atoms with Crippen molar-refractivity contribution in [1.29, 1.82) is 0 Å². The first-order valence-electron chi connectivity index (χ1n) is 5.24. The molecule has 1 heterocycles. The molecule has 1 aromatic rings. The average molecular weight is 244 g/mol. The number of fused-ring (bicyclic) bond motifs is 1. The van der Waals surface area contributed by atoms with Gasteiger partial charge in [-0.2, -0.15) is 0 Å². The Morgan fingerprint density at radius 2 is 2.07 bits per heavy atom. The molecule has 1 aliphatic heterocycles. The number of benzene rings is 1. The first kappa shape index (κ1) is 11.3. The van der Waals surface area contributed by atoms with E-state index in [0.29, 0.717) is 5.92 Å². The maximum absolute atomic E-state index is 6.23. The Morgan fingerprint density at radius 1 is 1.33 bits per heavy atom. The molecule has 1 aromatic carbocycles. The SMILES string of the molecule is C[C@@H]1CN(C)CCc2c(Cl)cc(Cl)cc21. The van der Waals surface area contributed by atoms with Crippen LogP contribution in [0.2, 0.25) is 10.0 Å². The number of rotatable bonds is 0. The van der Waals surface area contributed by atoms with Crippen molar-refractivity contribution in [3.05, 3.63) is 33.3 Å². The molecule has 0 aromatic heterocycles. The fourth-order valence-corrected chi connectivity index (χ4v) is 2.89. The molecule has 2 rings (SSSR count). The van der Waals surface area contributed by atoms with Gasteiger partial charge in [-0.05, 0) is 42.6 Å². The standard InChI is InChI=1S/C12H15Cl2N/c1-8-7-15(2)4-3-10-11(8)5-9(13)6-12(10)14/h5-6,8H,3-4,7H2,1-2H3/t8-/m1/s1. The summed E-state index contributed by atoms with van der Waals surface area (Å²) in [5, 5.41) is 1.56. The van der Waals surface area contributed by atoms with E-state index in [4.69, 9.17) is 23.2 Å². The largest absolute Gasteiger partial charge is 0.305 e. The van der Waals surface area contributed by atoms with Crippen LogP contribution in [0.25, 0.3) is 0 Å². The van der Waals surface area contributed by atoms with Crippen molar-refractivity contribution in [2.24, 2.45) is 0 Å². The summed E-state index contributed by atoms with van der Waals surface area (Å²) in [5.41, 5.74) is 2.59. The number of halogens is 2. The van der Waals surface area contributed by atoms with Gasteiger partial charge in [-0.15, -0.1) is 0 Å². The summed E-state index contributed by atoms with van der Waals surface area (Å²) in [6.45, 7) is 4.37. The van der Waals surface area contributed by atoms with Crippen LogP contribution in [-0.4, -0.2) is 25.0 Å². The molecule has 0 radical (unpaired) electrons. The third-order valence-corrected chi connectivity index (χ3v) is 3.61. The van der Waals surface area contributed by atoms with Crippen LogP contribution < -0.4 is 0 Å². The monoisotopic (exact) mass is 243 g/mol. The van der Waals surface area contributed by atoms with Crippen molar-refractivity contribution in [2.45, 2.75) is 19.3 Å². The van der Waals surface area contributed by atoms with Gasteiger partial charge in [-0.1, -0.05) is 30.1 Å². The fraction of sp³-hybridized carbons (Fsp3) is 0.500. The molecule has 0 fully saturated rings. The third kappa shape index (κ3) is 2.30. The molecule has 0 aliphatic carbocycles. The Hall–Kier alpha value is -0.240. The number of likely N-dealkylation sites (N-methyl/N-ethyl adjacent to an activating group) is 1. The van der Waals surface area contributed by atoms with E-state index in [2.05, 4.69) is 24.9 Å². The molecular formula is C12H15Cl2N. The van der Waals surface area contributed by atoms with Gasteiger partial charge in [0.2, 0.25) is 0 Å². The van der Waals surface area contributed by atoms with Crippen molar-refractivity contribution in [3.63, 3.8) is 0 Å². The van der Waals surface area contributed by atoms with Gasteiger partial charge >= 0.3 is 0 Å². The normalized spacial score (nSPS) is 22.3. The Labute approximate surface area is 101 Å². The molecule has 3 heteroatoms. The van der Waals surface area contributed by atoms with Gasteiger partial charge in [-0.25, -0.2) is 0 Å². The quantitative estimate of drug-likeness (QED) is 0.674. The van der Waals surface area contributed by atoms with Crippen LogP contribution >= 0.6 is 23.2 Å². The summed E-state index contributed by atoms with van der Waals surface area (Å²) >= 11 is 12.3. The zero-order valence-electron chi connectivity index (χ0n) is 9.06. The lowest BCUT2D eigenvalue weighted by Gasteiger charge is -2.17. The summed E-state index contributed by atoms with van der Waals surface area (Å²) in [6, 6.07) is 3.91. The zero-order chi connectivity index (χ0) is 11.0. The van der Waals surface area contributed by atoms with Crippen LogP contribution in [0.4, 0.5) is 0 Å². The van der Waals surface area contributed by atoms with Crippen molar-refractivity contribution in [2.75, 3.05) is 20.1 Å². The van der Waals surface area contributed by atoms with Gasteiger partial charge in [0.15, 0.2) is 0 Å². The molecule has 82 valence electrons. The van der Waals surface area contributed by atoms with Gasteiger partial charge in [0.25, 0.3) is 0 Å². The van der Waals surface area contributed by atoms with E-state index >= 15 is 0 Å². The minimum absolute atomic E-state index is 0.503. The van der Waals surface area contributed by atoms with Gasteiger partial charge in [0.05, 0.1) is 0 Å². The molecule has 15 heavy (non-hydrogen) atoms. The summed E-state index contributed by atoms with van der Waals surface area (Å²) in [5.74, 6) is 0.503. The third-order valence-electron chi connectivity index (χ3n) is 3.05. The zero-order valence-corrected chi connectivity index (χ0v) is 10.6. The summed E-state index contributed by atoms with van der Waals surface area (Å²) in [6.07, 6.45) is 1.02. The van der Waals surface area contributed by atoms with E-state index in [1.807, 2.05) is 6.07 Å². The minimum Gasteiger partial charge on any atom is -0.305 e. The van der Waals surface area contributed by atoms with Gasteiger partial charge in [0, 0.05) is 23.1 Å². The second-order valence-corrected chi connectivity index (χ2v) is 5.21. The lowest BCUT2D eigenvalue weighted by Crippen LogP contribution is -2.22. The van der Waals surface area contributed by atoms with Crippen LogP contribution in [0.15, 0.2) is 12.1 Å². The van der Waals surface area contributed by atoms with Gasteiger partial charge in [-0.3, -0.25) is 0 Å². The summed E-state index contributed by atoms with van der Waals surface area (Å²) < 4.78 is 0. The maximum Gasteiger partial charge on any atom is 0.0456 e. The molecule has 1 nitrogen and oxygen atoms in total. The second kappa shape index (κ2) is 4.32. The van der Waals surface area contributed by atoms with Crippen LogP contribution in [-0.2, 0) is 6.42 Å². The molecular weight excluding hydrogens is 229 g/mol. The van der Waals surface area contributed by atoms with Gasteiger partial charge < -0.3 is 4.90 Å². The van der Waals surface area contributed by atoms with Gasteiger partial charge in [0.1, 0.15) is 0 Å². The fourth-order valence-electron chi connectivity index (χ4n) is 2.29. The molecule has 0 spiro atoms. The Morgan fingerprint density at radius 3 is 2.80 bits per heavy atom. The summed E-state index contributed by atoms with van der Waals surface area (Å²) in [4.78, 5) is 2.34. The molecule has 0 N–H and O–H groups in total. The van der Waals surface area contributed by atoms with E-state index in [1.54, 1.807) is 0 Å². The number of hydrogen-bond donors (Lipinski definition) is 0. The van der Waals surface area contributed by atoms with E-state index in [-0.39, 0.29) is 0 Å². The number of nitrogens with zero attached hydrogens (tertiary/aromatic N) is 1. The van der Waals surface area contributed by atoms with Crippen molar-refractivity contribution in [3.8, 4) is 0 Å². The molecule has 0 unspecified atom stereocenters. The van der Waals surface area contributed by atoms with Crippen molar-refractivity contribution in [1.82, 2.24) is 4.90 Å². The predicted octanol–water partition coefficient (Wildman–Crippen LogP) is 3.58. The lowest BCUT2D eigenvalue weighted by molar-refractivity contribution is 0.332. The first-order valence-corrected chi connectivity index (χ1v) is 6.00. The smallest absolute Gasteiger partial charge is 0.0456 e. The highest BCUT2D eigenvalue weighted by molar-refractivity contribution is 6.35. The Bertz CT molecular complexity index is 376. The molecule has 0 saturated heterocycles. The van der Waals surface area contributed by atoms with Crippen molar-refractivity contribution >= 4 is 23.2 Å². The second-order valence-electron chi connectivity index (χ2n) is 4.37. The van der Waals surface area contributed by atoms with E-state index in [0.717, 1.165) is 29.6 Å². The maximum atomic E-state index is 6.23. The Balaban J connectivity index is 2.48. The molecule has 0 bridgehead atoms. The Kier molecular flexibility index (Phi) is 3.24. The van der Waals surface area contributed by atoms with Crippen LogP contribution in [0.3, 0.4) is 0 Å². The highest BCUT2D eigenvalue weighted by Gasteiger charge is 2.20. The average Bonchev–Trinajstić information content (AvgIpc) is 2.27. The lowest BCUT2D eigenvalue weighted by atomic mass is 9.95. The topological polar surface area (TPSA) is 3.24 Å². The molecule has 0 saturated carbocycles. The van der Waals surface area contributed by atoms with Crippen LogP contribution in [0.5, 0.6) is 0 Å². The molecule has 1 atom stereocenters. The van der Waals surface area contributed by atoms with Crippen LogP contribution in [0, 0.1) is 0 Å². The van der Waals surface area contributed by atoms with E-state index < -0.39 is 0 Å². The highest BCUT2D eigenvalue weighted by atomic mass is 35.5. The highest BCUT2D eigenvalue weighted by Crippen LogP contribution is 2.32. The number of hydrogen-bond acceptors (Lipinski definition) is 1. The predicted molar refractivity (Wildman–Crippen MR) is 66.1 cm³/mol. The summed E-state index contributed by atoms with van der Waals surface area (Å²) in [7, 11) is 2.15. The van der Waals surface area contributed by atoms with E-state index in [1.165, 1.54) is 11.1 Å². The van der Waals surface area contributed by atoms with E-state index in [9.17, 15) is 0 Å². The van der Waals surface area contributed by atoms with Crippen LogP contribution in [0.1, 0.15) is 24.0 Å². The minimum atomic E-state index is 0.503. The van der Waals surface area contributed by atoms with Crippen molar-refractivity contribution < 1.29 is 0 Å². The first-order chi connectivity index (χ1) is 7.08.